The van der Waals surface area contributed by atoms with Crippen molar-refractivity contribution >= 4 is 28.6 Å². The number of nitrogens with one attached hydrogen (secondary N) is 2. The fraction of sp³-hybridized carbons (Fsp3) is 0.160. The van der Waals surface area contributed by atoms with Gasteiger partial charge in [-0.1, -0.05) is 0 Å². The molecule has 0 spiro atoms. The second-order valence-corrected chi connectivity index (χ2v) is 7.25. The fourth-order valence-electron chi connectivity index (χ4n) is 3.52. The summed E-state index contributed by atoms with van der Waals surface area (Å²) in [6, 6.07) is 15.2. The summed E-state index contributed by atoms with van der Waals surface area (Å²) in [6.07, 6.45) is 0. The number of hydrogen-bond donors (Lipinski definition) is 2. The van der Waals surface area contributed by atoms with Crippen LogP contribution in [0.3, 0.4) is 0 Å². The van der Waals surface area contributed by atoms with Crippen LogP contribution in [-0.2, 0) is 4.74 Å². The Morgan fingerprint density at radius 1 is 0.824 bits per heavy atom. The van der Waals surface area contributed by atoms with Gasteiger partial charge in [0.05, 0.1) is 45.0 Å². The summed E-state index contributed by atoms with van der Waals surface area (Å²) in [7, 11) is 5.96. The van der Waals surface area contributed by atoms with Gasteiger partial charge < -0.3 is 29.2 Å². The molecule has 0 radical (unpaired) electrons. The maximum absolute atomic E-state index is 12.6. The highest BCUT2D eigenvalue weighted by Crippen LogP contribution is 2.41. The van der Waals surface area contributed by atoms with E-state index in [1.54, 1.807) is 69.9 Å². The van der Waals surface area contributed by atoms with E-state index in [2.05, 4.69) is 20.0 Å². The van der Waals surface area contributed by atoms with E-state index in [1.165, 1.54) is 7.11 Å². The molecule has 0 fully saturated rings. The number of imidazole rings is 1. The normalized spacial score (nSPS) is 10.6. The molecule has 0 aliphatic heterocycles. The third-order valence-electron chi connectivity index (χ3n) is 5.25. The summed E-state index contributed by atoms with van der Waals surface area (Å²) in [4.78, 5) is 32.1. The number of rotatable bonds is 7. The zero-order valence-electron chi connectivity index (χ0n) is 19.1. The minimum absolute atomic E-state index is 0.309. The summed E-state index contributed by atoms with van der Waals surface area (Å²) >= 11 is 0. The van der Waals surface area contributed by atoms with Gasteiger partial charge in [0.2, 0.25) is 5.75 Å². The van der Waals surface area contributed by atoms with Gasteiger partial charge in [0.1, 0.15) is 5.82 Å². The maximum Gasteiger partial charge on any atom is 0.337 e. The molecule has 9 heteroatoms. The van der Waals surface area contributed by atoms with Crippen molar-refractivity contribution in [1.29, 1.82) is 0 Å². The highest BCUT2D eigenvalue weighted by atomic mass is 16.5. The molecule has 1 aromatic heterocycles. The summed E-state index contributed by atoms with van der Waals surface area (Å²) in [5.74, 6) is 1.37. The number of esters is 1. The molecule has 1 heterocycles. The van der Waals surface area contributed by atoms with Gasteiger partial charge in [-0.2, -0.15) is 0 Å². The Labute approximate surface area is 195 Å². The highest BCUT2D eigenvalue weighted by molar-refractivity contribution is 6.05. The van der Waals surface area contributed by atoms with Crippen LogP contribution in [0, 0.1) is 0 Å². The second-order valence-electron chi connectivity index (χ2n) is 7.25. The van der Waals surface area contributed by atoms with Gasteiger partial charge in [0.25, 0.3) is 5.91 Å². The largest absolute Gasteiger partial charge is 0.493 e. The lowest BCUT2D eigenvalue weighted by Crippen LogP contribution is -2.12. The lowest BCUT2D eigenvalue weighted by Gasteiger charge is -2.13. The smallest absolute Gasteiger partial charge is 0.337 e. The van der Waals surface area contributed by atoms with Crippen molar-refractivity contribution in [3.05, 3.63) is 65.7 Å². The molecule has 0 atom stereocenters. The molecule has 0 aliphatic carbocycles. The number of anilines is 1. The van der Waals surface area contributed by atoms with Crippen molar-refractivity contribution in [2.45, 2.75) is 0 Å². The third-order valence-corrected chi connectivity index (χ3v) is 5.25. The fourth-order valence-corrected chi connectivity index (χ4v) is 3.52. The molecule has 2 N–H and O–H groups in total. The monoisotopic (exact) mass is 461 g/mol. The van der Waals surface area contributed by atoms with Crippen molar-refractivity contribution in [3.8, 4) is 28.6 Å². The number of H-pyrrole nitrogens is 1. The second kappa shape index (κ2) is 9.53. The first-order chi connectivity index (χ1) is 16.5. The maximum atomic E-state index is 12.6. The first kappa shape index (κ1) is 22.7. The zero-order valence-corrected chi connectivity index (χ0v) is 19.1. The highest BCUT2D eigenvalue weighted by Gasteiger charge is 2.16. The quantitative estimate of drug-likeness (QED) is 0.395. The van der Waals surface area contributed by atoms with E-state index in [0.29, 0.717) is 45.4 Å². The summed E-state index contributed by atoms with van der Waals surface area (Å²) in [6.45, 7) is 0. The number of carbonyl (C=O) groups excluding carboxylic acids is 2. The number of hydrogen-bond acceptors (Lipinski definition) is 7. The van der Waals surface area contributed by atoms with E-state index < -0.39 is 5.97 Å². The van der Waals surface area contributed by atoms with E-state index in [0.717, 1.165) is 11.1 Å². The van der Waals surface area contributed by atoms with Crippen LogP contribution in [-0.4, -0.2) is 50.3 Å². The molecule has 1 amide bonds. The first-order valence-corrected chi connectivity index (χ1v) is 10.3. The predicted octanol–water partition coefficient (Wildman–Crippen LogP) is 4.29. The lowest BCUT2D eigenvalue weighted by molar-refractivity contribution is 0.0600. The van der Waals surface area contributed by atoms with Gasteiger partial charge in [-0.25, -0.2) is 9.78 Å². The number of aromatic amines is 1. The minimum Gasteiger partial charge on any atom is -0.493 e. The van der Waals surface area contributed by atoms with Gasteiger partial charge in [0.15, 0.2) is 11.5 Å². The van der Waals surface area contributed by atoms with Crippen molar-refractivity contribution in [2.75, 3.05) is 33.8 Å². The standard InChI is InChI=1S/C25H23N3O6/c1-31-20-11-16(12-21(32-2)22(20)33-3)23-27-18-10-9-17(13-19(18)28-23)26-24(29)14-5-7-15(8-6-14)25(30)34-4/h5-13H,1-4H3,(H,26,29)(H,27,28). The summed E-state index contributed by atoms with van der Waals surface area (Å²) < 4.78 is 20.9. The number of carbonyl (C=O) groups is 2. The Balaban J connectivity index is 1.59. The van der Waals surface area contributed by atoms with E-state index in [-0.39, 0.29) is 5.91 Å². The topological polar surface area (TPSA) is 112 Å². The summed E-state index contributed by atoms with van der Waals surface area (Å²) in [5, 5.41) is 2.85. The van der Waals surface area contributed by atoms with Crippen LogP contribution in [0.5, 0.6) is 17.2 Å². The molecule has 3 aromatic carbocycles. The molecule has 0 saturated heterocycles. The number of methoxy groups -OCH3 is 4. The predicted molar refractivity (Wildman–Crippen MR) is 127 cm³/mol. The summed E-state index contributed by atoms with van der Waals surface area (Å²) in [5.41, 5.74) is 3.58. The van der Waals surface area contributed by atoms with Crippen LogP contribution in [0.15, 0.2) is 54.6 Å². The Morgan fingerprint density at radius 2 is 1.47 bits per heavy atom. The van der Waals surface area contributed by atoms with Crippen LogP contribution >= 0.6 is 0 Å². The average molecular weight is 461 g/mol. The molecular formula is C25H23N3O6. The van der Waals surface area contributed by atoms with Gasteiger partial charge >= 0.3 is 5.97 Å². The van der Waals surface area contributed by atoms with Crippen LogP contribution in [0.1, 0.15) is 20.7 Å². The van der Waals surface area contributed by atoms with Gasteiger partial charge in [-0.05, 0) is 54.6 Å². The Hall–Kier alpha value is -4.53. The van der Waals surface area contributed by atoms with E-state index in [4.69, 9.17) is 14.2 Å². The van der Waals surface area contributed by atoms with Crippen molar-refractivity contribution in [2.24, 2.45) is 0 Å². The molecule has 34 heavy (non-hydrogen) atoms. The van der Waals surface area contributed by atoms with E-state index in [9.17, 15) is 9.59 Å². The van der Waals surface area contributed by atoms with Crippen molar-refractivity contribution in [3.63, 3.8) is 0 Å². The van der Waals surface area contributed by atoms with E-state index >= 15 is 0 Å². The SMILES string of the molecule is COC(=O)c1ccc(C(=O)Nc2ccc3[nH]c(-c4cc(OC)c(OC)c(OC)c4)nc3c2)cc1. The third kappa shape index (κ3) is 4.36. The Kier molecular flexibility index (Phi) is 6.35. The Morgan fingerprint density at radius 3 is 2.06 bits per heavy atom. The molecule has 0 unspecified atom stereocenters. The van der Waals surface area contributed by atoms with Gasteiger partial charge in [0, 0.05) is 16.8 Å². The Bertz CT molecular complexity index is 1340. The number of aromatic nitrogens is 2. The van der Waals surface area contributed by atoms with Crippen molar-refractivity contribution in [1.82, 2.24) is 9.97 Å². The molecule has 0 bridgehead atoms. The van der Waals surface area contributed by atoms with Crippen LogP contribution in [0.2, 0.25) is 0 Å². The molecule has 0 saturated carbocycles. The number of benzene rings is 3. The van der Waals surface area contributed by atoms with Gasteiger partial charge in [-0.3, -0.25) is 4.79 Å². The number of ether oxygens (including phenoxy) is 4. The zero-order chi connectivity index (χ0) is 24.2. The number of nitrogens with zero attached hydrogens (tertiary/aromatic N) is 1. The number of amides is 1. The van der Waals surface area contributed by atoms with Crippen LogP contribution in [0.4, 0.5) is 5.69 Å². The molecule has 9 nitrogen and oxygen atoms in total. The van der Waals surface area contributed by atoms with Crippen LogP contribution < -0.4 is 19.5 Å². The number of fused-ring (bicyclic) bond motifs is 1. The van der Waals surface area contributed by atoms with E-state index in [1.807, 2.05) is 6.07 Å². The first-order valence-electron chi connectivity index (χ1n) is 10.3. The molecule has 174 valence electrons. The molecule has 4 aromatic rings. The minimum atomic E-state index is -0.459. The molecule has 0 aliphatic rings. The van der Waals surface area contributed by atoms with Crippen LogP contribution in [0.25, 0.3) is 22.4 Å². The van der Waals surface area contributed by atoms with Crippen molar-refractivity contribution < 1.29 is 28.5 Å². The lowest BCUT2D eigenvalue weighted by atomic mass is 10.1. The molecule has 4 rings (SSSR count). The average Bonchev–Trinajstić information content (AvgIpc) is 3.30. The molecular weight excluding hydrogens is 438 g/mol. The van der Waals surface area contributed by atoms with Gasteiger partial charge in [-0.15, -0.1) is 0 Å².